The van der Waals surface area contributed by atoms with E-state index >= 15 is 0 Å². The van der Waals surface area contributed by atoms with E-state index in [4.69, 9.17) is 0 Å². The zero-order valence-electron chi connectivity index (χ0n) is 16.9. The minimum atomic E-state index is -0.120. The number of nitrogens with zero attached hydrogens (tertiary/aromatic N) is 2. The van der Waals surface area contributed by atoms with Crippen LogP contribution in [0.3, 0.4) is 0 Å². The highest BCUT2D eigenvalue weighted by molar-refractivity contribution is 6.00. The summed E-state index contributed by atoms with van der Waals surface area (Å²) in [7, 11) is 0. The molecular weight excluding hydrogens is 356 g/mol. The molecule has 144 valence electrons. The normalized spacial score (nSPS) is 16.2. The van der Waals surface area contributed by atoms with Crippen LogP contribution in [-0.4, -0.2) is 10.4 Å². The summed E-state index contributed by atoms with van der Waals surface area (Å²) in [5.74, 6) is 0.237. The lowest BCUT2D eigenvalue weighted by Gasteiger charge is -2.20. The lowest BCUT2D eigenvalue weighted by atomic mass is 9.86. The van der Waals surface area contributed by atoms with Crippen LogP contribution in [0.15, 0.2) is 73.2 Å². The molecule has 0 bridgehead atoms. The zero-order valence-corrected chi connectivity index (χ0v) is 16.9. The summed E-state index contributed by atoms with van der Waals surface area (Å²) in [6.07, 6.45) is 8.26. The predicted molar refractivity (Wildman–Crippen MR) is 115 cm³/mol. The maximum absolute atomic E-state index is 13.2. The van der Waals surface area contributed by atoms with Crippen molar-refractivity contribution >= 4 is 16.7 Å². The molecule has 0 amide bonds. The van der Waals surface area contributed by atoms with Gasteiger partial charge in [0.2, 0.25) is 11.8 Å². The second-order valence-corrected chi connectivity index (χ2v) is 8.20. The van der Waals surface area contributed by atoms with Gasteiger partial charge in [0.05, 0.1) is 10.9 Å². The van der Waals surface area contributed by atoms with Crippen LogP contribution in [0.1, 0.15) is 45.1 Å². The average molecular weight is 381 g/mol. The molecule has 2 aromatic carbocycles. The fourth-order valence-corrected chi connectivity index (χ4v) is 4.56. The highest BCUT2D eigenvalue weighted by Crippen LogP contribution is 2.28. The van der Waals surface area contributed by atoms with Crippen LogP contribution in [-0.2, 0) is 13.0 Å². The summed E-state index contributed by atoms with van der Waals surface area (Å²) in [4.78, 5) is 13.2. The third-order valence-electron chi connectivity index (χ3n) is 6.12. The van der Waals surface area contributed by atoms with E-state index < -0.39 is 0 Å². The Morgan fingerprint density at radius 3 is 2.72 bits per heavy atom. The number of rotatable bonds is 3. The minimum absolute atomic E-state index is 0.120. The smallest absolute Gasteiger partial charge is 0.230 e. The summed E-state index contributed by atoms with van der Waals surface area (Å²) in [6, 6.07) is 18.8. The average Bonchev–Trinajstić information content (AvgIpc) is 3.04. The standard InChI is InChI=1S/C26H25N2O/c1-18-8-9-21-10-11-25(26(29)22(21)14-18)27-13-12-24-23(17-27)19(2)15-28(24)16-20-6-4-3-5-7-20/h3-9,12-15,17,25H,10-11,16H2,1-2H3/q+1. The number of fused-ring (bicyclic) bond motifs is 2. The molecule has 2 aromatic heterocycles. The van der Waals surface area contributed by atoms with Crippen LogP contribution in [0, 0.1) is 13.8 Å². The van der Waals surface area contributed by atoms with E-state index in [1.165, 1.54) is 27.6 Å². The molecule has 0 saturated heterocycles. The molecule has 0 N–H and O–H groups in total. The van der Waals surface area contributed by atoms with Gasteiger partial charge in [-0.3, -0.25) is 4.79 Å². The number of aryl methyl sites for hydroxylation is 3. The van der Waals surface area contributed by atoms with Crippen molar-refractivity contribution in [2.45, 2.75) is 39.3 Å². The van der Waals surface area contributed by atoms with Crippen LogP contribution in [0.25, 0.3) is 10.9 Å². The van der Waals surface area contributed by atoms with E-state index in [-0.39, 0.29) is 11.8 Å². The first-order chi connectivity index (χ1) is 14.1. The molecule has 0 aliphatic heterocycles. The summed E-state index contributed by atoms with van der Waals surface area (Å²) in [6.45, 7) is 5.05. The maximum Gasteiger partial charge on any atom is 0.230 e. The second kappa shape index (κ2) is 7.00. The summed E-state index contributed by atoms with van der Waals surface area (Å²) in [5, 5.41) is 1.21. The van der Waals surface area contributed by atoms with Crippen molar-refractivity contribution < 1.29 is 9.36 Å². The van der Waals surface area contributed by atoms with Crippen molar-refractivity contribution in [2.75, 3.05) is 0 Å². The first-order valence-corrected chi connectivity index (χ1v) is 10.3. The van der Waals surface area contributed by atoms with Crippen LogP contribution in [0.2, 0.25) is 0 Å². The third kappa shape index (κ3) is 3.17. The van der Waals surface area contributed by atoms with Gasteiger partial charge in [-0.1, -0.05) is 48.0 Å². The molecule has 3 heteroatoms. The number of carbonyl (C=O) groups excluding carboxylic acids is 1. The number of hydrogen-bond donors (Lipinski definition) is 0. The van der Waals surface area contributed by atoms with Crippen LogP contribution < -0.4 is 4.57 Å². The Bertz CT molecular complexity index is 1220. The van der Waals surface area contributed by atoms with Gasteiger partial charge in [-0.15, -0.1) is 0 Å². The molecule has 0 saturated carbocycles. The molecule has 1 unspecified atom stereocenters. The van der Waals surface area contributed by atoms with Gasteiger partial charge in [0.25, 0.3) is 0 Å². The predicted octanol–water partition coefficient (Wildman–Crippen LogP) is 4.96. The molecule has 1 aliphatic rings. The van der Waals surface area contributed by atoms with Crippen molar-refractivity contribution in [3.05, 3.63) is 101 Å². The Labute approximate surface area is 171 Å². The van der Waals surface area contributed by atoms with Gasteiger partial charge in [0, 0.05) is 30.8 Å². The monoisotopic (exact) mass is 381 g/mol. The molecule has 0 radical (unpaired) electrons. The first-order valence-electron chi connectivity index (χ1n) is 10.3. The zero-order chi connectivity index (χ0) is 20.0. The molecular formula is C26H25N2O+. The number of Topliss-reactive ketones (excluding diaryl/α,β-unsaturated/α-hetero) is 1. The quantitative estimate of drug-likeness (QED) is 0.460. The summed E-state index contributed by atoms with van der Waals surface area (Å²) >= 11 is 0. The summed E-state index contributed by atoms with van der Waals surface area (Å²) < 4.78 is 4.42. The van der Waals surface area contributed by atoms with Crippen molar-refractivity contribution in [3.63, 3.8) is 0 Å². The molecule has 5 rings (SSSR count). The molecule has 0 spiro atoms. The Morgan fingerprint density at radius 2 is 1.90 bits per heavy atom. The molecule has 2 heterocycles. The Balaban J connectivity index is 1.51. The minimum Gasteiger partial charge on any atom is -0.342 e. The largest absolute Gasteiger partial charge is 0.342 e. The molecule has 0 fully saturated rings. The van der Waals surface area contributed by atoms with E-state index in [1.807, 2.05) is 12.1 Å². The molecule has 3 nitrogen and oxygen atoms in total. The fourth-order valence-electron chi connectivity index (χ4n) is 4.56. The number of aromatic nitrogens is 2. The van der Waals surface area contributed by atoms with Crippen LogP contribution in [0.4, 0.5) is 0 Å². The third-order valence-corrected chi connectivity index (χ3v) is 6.12. The van der Waals surface area contributed by atoms with E-state index in [0.717, 1.165) is 30.5 Å². The molecule has 1 aliphatic carbocycles. The number of pyridine rings is 1. The van der Waals surface area contributed by atoms with Gasteiger partial charge < -0.3 is 4.57 Å². The summed E-state index contributed by atoms with van der Waals surface area (Å²) in [5.41, 5.74) is 6.96. The van der Waals surface area contributed by atoms with Gasteiger partial charge in [0.15, 0.2) is 12.4 Å². The molecule has 1 atom stereocenters. The fraction of sp³-hybridized carbons (Fsp3) is 0.231. The SMILES string of the molecule is Cc1ccc2c(c1)C(=O)C([n+]1ccc3c(c1)c(C)cn3Cc1ccccc1)CC2. The molecule has 4 aromatic rings. The Hall–Kier alpha value is -3.20. The van der Waals surface area contributed by atoms with E-state index in [9.17, 15) is 4.79 Å². The Morgan fingerprint density at radius 1 is 1.07 bits per heavy atom. The first kappa shape index (κ1) is 17.9. The Kier molecular flexibility index (Phi) is 4.31. The molecule has 29 heavy (non-hydrogen) atoms. The number of carbonyl (C=O) groups is 1. The highest BCUT2D eigenvalue weighted by atomic mass is 16.1. The number of hydrogen-bond acceptors (Lipinski definition) is 1. The van der Waals surface area contributed by atoms with Crippen molar-refractivity contribution in [1.29, 1.82) is 0 Å². The van der Waals surface area contributed by atoms with Crippen LogP contribution >= 0.6 is 0 Å². The lowest BCUT2D eigenvalue weighted by molar-refractivity contribution is -0.707. The highest BCUT2D eigenvalue weighted by Gasteiger charge is 2.34. The van der Waals surface area contributed by atoms with E-state index in [1.54, 1.807) is 0 Å². The van der Waals surface area contributed by atoms with Gasteiger partial charge >= 0.3 is 0 Å². The topological polar surface area (TPSA) is 25.9 Å². The second-order valence-electron chi connectivity index (χ2n) is 8.20. The van der Waals surface area contributed by atoms with E-state index in [2.05, 4.69) is 84.0 Å². The van der Waals surface area contributed by atoms with Gasteiger partial charge in [-0.05, 0) is 43.0 Å². The maximum atomic E-state index is 13.2. The van der Waals surface area contributed by atoms with Crippen LogP contribution in [0.5, 0.6) is 0 Å². The van der Waals surface area contributed by atoms with Crippen molar-refractivity contribution in [2.24, 2.45) is 0 Å². The number of benzene rings is 2. The van der Waals surface area contributed by atoms with Gasteiger partial charge in [-0.25, -0.2) is 0 Å². The van der Waals surface area contributed by atoms with E-state index in [0.29, 0.717) is 0 Å². The number of ketones is 1. The van der Waals surface area contributed by atoms with Gasteiger partial charge in [-0.2, -0.15) is 4.57 Å². The lowest BCUT2D eigenvalue weighted by Crippen LogP contribution is -2.45. The van der Waals surface area contributed by atoms with Crippen molar-refractivity contribution in [1.82, 2.24) is 4.57 Å². The van der Waals surface area contributed by atoms with Gasteiger partial charge in [0.1, 0.15) is 0 Å². The van der Waals surface area contributed by atoms with Crippen molar-refractivity contribution in [3.8, 4) is 0 Å².